The average molecular weight is 398 g/mol. The Balaban J connectivity index is 5.68. The molecule has 0 saturated carbocycles. The molecule has 0 aromatic rings. The van der Waals surface area contributed by atoms with Gasteiger partial charge in [-0.15, -0.1) is 0 Å². The van der Waals surface area contributed by atoms with E-state index in [0.717, 1.165) is 0 Å². The molecule has 0 spiro atoms. The standard InChI is InChI=1S/C10H22O12S2/c1-23(18,19)10(17,9(16)7(14)5(12)3-11)8(15)6(13)4-22-24(2,20)21/h5-9,11-17H,3-4H2,1-2H3/t5-,6-,7-,8-,9-,10+/m0/s1. The van der Waals surface area contributed by atoms with Crippen LogP contribution < -0.4 is 0 Å². The van der Waals surface area contributed by atoms with Crippen LogP contribution in [0, 0.1) is 0 Å². The van der Waals surface area contributed by atoms with E-state index in [2.05, 4.69) is 4.18 Å². The summed E-state index contributed by atoms with van der Waals surface area (Å²) < 4.78 is 49.3. The smallest absolute Gasteiger partial charge is 0.264 e. The summed E-state index contributed by atoms with van der Waals surface area (Å²) in [6, 6.07) is 0. The van der Waals surface area contributed by atoms with Gasteiger partial charge in [0, 0.05) is 6.26 Å². The molecular weight excluding hydrogens is 376 g/mol. The quantitative estimate of drug-likeness (QED) is 0.171. The van der Waals surface area contributed by atoms with Crippen LogP contribution in [0.3, 0.4) is 0 Å². The first-order valence-electron chi connectivity index (χ1n) is 6.37. The fourth-order valence-electron chi connectivity index (χ4n) is 1.74. The predicted octanol–water partition coefficient (Wildman–Crippen LogP) is -5.51. The zero-order valence-electron chi connectivity index (χ0n) is 12.8. The lowest BCUT2D eigenvalue weighted by molar-refractivity contribution is -0.179. The third-order valence-electron chi connectivity index (χ3n) is 3.16. The van der Waals surface area contributed by atoms with Gasteiger partial charge in [0.25, 0.3) is 10.1 Å². The maximum absolute atomic E-state index is 11.8. The summed E-state index contributed by atoms with van der Waals surface area (Å²) in [6.45, 7) is -2.28. The van der Waals surface area contributed by atoms with E-state index >= 15 is 0 Å². The fraction of sp³-hybridized carbons (Fsp3) is 1.00. The van der Waals surface area contributed by atoms with E-state index in [4.69, 9.17) is 5.11 Å². The van der Waals surface area contributed by atoms with Crippen LogP contribution in [0.25, 0.3) is 0 Å². The number of sulfone groups is 1. The van der Waals surface area contributed by atoms with Crippen molar-refractivity contribution in [3.05, 3.63) is 0 Å². The molecule has 0 rings (SSSR count). The van der Waals surface area contributed by atoms with E-state index in [1.54, 1.807) is 0 Å². The van der Waals surface area contributed by atoms with Crippen molar-refractivity contribution >= 4 is 20.0 Å². The minimum Gasteiger partial charge on any atom is -0.394 e. The highest BCUT2D eigenvalue weighted by Crippen LogP contribution is 2.28. The second kappa shape index (κ2) is 8.31. The molecule has 0 aromatic heterocycles. The lowest BCUT2D eigenvalue weighted by atomic mass is 9.96. The Morgan fingerprint density at radius 2 is 1.38 bits per heavy atom. The van der Waals surface area contributed by atoms with Gasteiger partial charge in [-0.3, -0.25) is 4.18 Å². The SMILES string of the molecule is CS(=O)(=O)OC[C@H](O)[C@H](O)[C@](O)([C@@H](O)[C@@H](O)[C@@H](O)CO)S(C)(=O)=O. The first-order chi connectivity index (χ1) is 10.6. The van der Waals surface area contributed by atoms with E-state index in [9.17, 15) is 47.5 Å². The highest BCUT2D eigenvalue weighted by molar-refractivity contribution is 7.92. The Labute approximate surface area is 138 Å². The van der Waals surface area contributed by atoms with Crippen LogP contribution in [0.2, 0.25) is 0 Å². The molecule has 7 N–H and O–H groups in total. The van der Waals surface area contributed by atoms with E-state index < -0.39 is 68.6 Å². The second-order valence-corrected chi connectivity index (χ2v) is 9.05. The Morgan fingerprint density at radius 3 is 1.71 bits per heavy atom. The summed E-state index contributed by atoms with van der Waals surface area (Å²) in [5.74, 6) is 0. The summed E-state index contributed by atoms with van der Waals surface area (Å²) in [5.41, 5.74) is 0. The molecule has 24 heavy (non-hydrogen) atoms. The van der Waals surface area contributed by atoms with Crippen molar-refractivity contribution in [1.82, 2.24) is 0 Å². The molecule has 0 amide bonds. The maximum atomic E-state index is 11.8. The molecular formula is C10H22O12S2. The van der Waals surface area contributed by atoms with Crippen molar-refractivity contribution in [2.75, 3.05) is 25.7 Å². The third kappa shape index (κ3) is 5.55. The van der Waals surface area contributed by atoms with Crippen LogP contribution in [-0.2, 0) is 24.1 Å². The molecule has 14 heteroatoms. The summed E-state index contributed by atoms with van der Waals surface area (Å²) in [7, 11) is -8.89. The highest BCUT2D eigenvalue weighted by atomic mass is 32.2. The van der Waals surface area contributed by atoms with Gasteiger partial charge in [-0.25, -0.2) is 8.42 Å². The molecule has 0 aliphatic rings. The van der Waals surface area contributed by atoms with E-state index in [1.165, 1.54) is 0 Å². The Kier molecular flexibility index (Phi) is 8.16. The summed E-state index contributed by atoms with van der Waals surface area (Å²) >= 11 is 0. The second-order valence-electron chi connectivity index (χ2n) is 5.21. The van der Waals surface area contributed by atoms with Crippen LogP contribution in [0.5, 0.6) is 0 Å². The van der Waals surface area contributed by atoms with E-state index in [0.29, 0.717) is 12.5 Å². The summed E-state index contributed by atoms with van der Waals surface area (Å²) in [6.07, 6.45) is -11.4. The van der Waals surface area contributed by atoms with Crippen LogP contribution >= 0.6 is 0 Å². The zero-order chi connectivity index (χ0) is 19.5. The van der Waals surface area contributed by atoms with Crippen molar-refractivity contribution in [1.29, 1.82) is 0 Å². The fourth-order valence-corrected chi connectivity index (χ4v) is 3.30. The molecule has 0 heterocycles. The molecule has 0 bridgehead atoms. The van der Waals surface area contributed by atoms with Gasteiger partial charge in [-0.2, -0.15) is 8.42 Å². The highest BCUT2D eigenvalue weighted by Gasteiger charge is 2.57. The number of hydrogen-bond acceptors (Lipinski definition) is 12. The van der Waals surface area contributed by atoms with Gasteiger partial charge in [0.2, 0.25) is 4.93 Å². The molecule has 6 atom stereocenters. The largest absolute Gasteiger partial charge is 0.394 e. The number of rotatable bonds is 10. The zero-order valence-corrected chi connectivity index (χ0v) is 14.4. The molecule has 12 nitrogen and oxygen atoms in total. The average Bonchev–Trinajstić information content (AvgIpc) is 2.46. The Hall–Kier alpha value is -0.420. The molecule has 0 fully saturated rings. The van der Waals surface area contributed by atoms with Crippen LogP contribution in [0.4, 0.5) is 0 Å². The Bertz CT molecular complexity index is 601. The Morgan fingerprint density at radius 1 is 0.917 bits per heavy atom. The van der Waals surface area contributed by atoms with Gasteiger partial charge in [-0.1, -0.05) is 0 Å². The molecule has 0 unspecified atom stereocenters. The molecule has 0 aliphatic heterocycles. The van der Waals surface area contributed by atoms with Crippen molar-refractivity contribution < 1.29 is 56.8 Å². The van der Waals surface area contributed by atoms with Crippen LogP contribution in [0.1, 0.15) is 0 Å². The number of aliphatic hydroxyl groups is 7. The molecule has 0 radical (unpaired) electrons. The minimum atomic E-state index is -4.81. The number of hydrogen-bond donors (Lipinski definition) is 7. The van der Waals surface area contributed by atoms with Gasteiger partial charge in [0.1, 0.15) is 30.5 Å². The van der Waals surface area contributed by atoms with Crippen molar-refractivity contribution in [2.24, 2.45) is 0 Å². The topological polar surface area (TPSA) is 219 Å². The minimum absolute atomic E-state index is 0.349. The van der Waals surface area contributed by atoms with Gasteiger partial charge in [0.05, 0.1) is 19.5 Å². The lowest BCUT2D eigenvalue weighted by Crippen LogP contribution is -2.66. The molecule has 0 saturated heterocycles. The summed E-state index contributed by atoms with van der Waals surface area (Å²) in [4.78, 5) is -3.61. The van der Waals surface area contributed by atoms with E-state index in [1.807, 2.05) is 0 Å². The van der Waals surface area contributed by atoms with Gasteiger partial charge < -0.3 is 35.7 Å². The normalized spacial score (nSPS) is 22.2. The van der Waals surface area contributed by atoms with Crippen molar-refractivity contribution in [3.63, 3.8) is 0 Å². The van der Waals surface area contributed by atoms with Gasteiger partial charge >= 0.3 is 0 Å². The third-order valence-corrected chi connectivity index (χ3v) is 5.40. The van der Waals surface area contributed by atoms with Crippen LogP contribution in [-0.4, -0.2) is 114 Å². The molecule has 0 aromatic carbocycles. The molecule has 146 valence electrons. The van der Waals surface area contributed by atoms with Gasteiger partial charge in [0.15, 0.2) is 9.84 Å². The predicted molar refractivity (Wildman–Crippen MR) is 77.7 cm³/mol. The molecule has 0 aliphatic carbocycles. The summed E-state index contributed by atoms with van der Waals surface area (Å²) in [5, 5.41) is 67.1. The number of aliphatic hydroxyl groups excluding tert-OH is 6. The first-order valence-corrected chi connectivity index (χ1v) is 10.1. The van der Waals surface area contributed by atoms with Crippen molar-refractivity contribution in [2.45, 2.75) is 35.5 Å². The van der Waals surface area contributed by atoms with E-state index in [-0.39, 0.29) is 0 Å². The monoisotopic (exact) mass is 398 g/mol. The van der Waals surface area contributed by atoms with Crippen LogP contribution in [0.15, 0.2) is 0 Å². The first kappa shape index (κ1) is 23.6. The van der Waals surface area contributed by atoms with Crippen molar-refractivity contribution in [3.8, 4) is 0 Å². The lowest BCUT2D eigenvalue weighted by Gasteiger charge is -2.39. The van der Waals surface area contributed by atoms with Gasteiger partial charge in [-0.05, 0) is 0 Å². The maximum Gasteiger partial charge on any atom is 0.264 e.